The number of halogens is 10. The van der Waals surface area contributed by atoms with E-state index in [4.69, 9.17) is 9.05 Å². The van der Waals surface area contributed by atoms with Crippen molar-refractivity contribution in [3.63, 3.8) is 0 Å². The van der Waals surface area contributed by atoms with Crippen LogP contribution in [0.1, 0.15) is 58.1 Å². The maximum Gasteiger partial charge on any atom is 0.527 e. The van der Waals surface area contributed by atoms with Gasteiger partial charge in [0, 0.05) is 23.0 Å². The SMILES string of the molecule is O=P1(O)Oc2c(-c3ccc(S(F)(F)(F)(F)F)cc3)cc3c(c2[C@H]2c4ccccc4CC(c4ccc(S(F)(F)(F)(F)F)cc4)[C@H]2O1)CCCC3. The highest BCUT2D eigenvalue weighted by Crippen LogP contribution is 3.02. The molecule has 0 radical (unpaired) electrons. The Kier molecular flexibility index (Phi) is 6.70. The summed E-state index contributed by atoms with van der Waals surface area (Å²) in [4.78, 5) is 6.87. The highest BCUT2D eigenvalue weighted by atomic mass is 32.5. The zero-order chi connectivity index (χ0) is 35.5. The molecule has 0 fully saturated rings. The maximum absolute atomic E-state index is 13.7. The van der Waals surface area contributed by atoms with Crippen molar-refractivity contribution in [2.75, 3.05) is 0 Å². The van der Waals surface area contributed by atoms with E-state index in [2.05, 4.69) is 0 Å². The van der Waals surface area contributed by atoms with Crippen LogP contribution >= 0.6 is 28.3 Å². The molecule has 0 aromatic heterocycles. The summed E-state index contributed by atoms with van der Waals surface area (Å²) in [6, 6.07) is 12.9. The van der Waals surface area contributed by atoms with Crippen LogP contribution in [0.3, 0.4) is 0 Å². The van der Waals surface area contributed by atoms with Gasteiger partial charge in [0.25, 0.3) is 0 Å². The van der Waals surface area contributed by atoms with Crippen LogP contribution in [0.5, 0.6) is 5.75 Å². The molecule has 2 aliphatic carbocycles. The Morgan fingerprint density at radius 3 is 1.90 bits per heavy atom. The minimum Gasteiger partial charge on any atom is -0.403 e. The van der Waals surface area contributed by atoms with Gasteiger partial charge in [-0.25, -0.2) is 4.57 Å². The van der Waals surface area contributed by atoms with Crippen LogP contribution in [-0.2, 0) is 28.4 Å². The Morgan fingerprint density at radius 1 is 0.714 bits per heavy atom. The molecule has 0 saturated heterocycles. The summed E-state index contributed by atoms with van der Waals surface area (Å²) < 4.78 is 161. The molecule has 3 aliphatic rings. The molecule has 1 N–H and O–H groups in total. The van der Waals surface area contributed by atoms with Crippen molar-refractivity contribution < 1.29 is 57.4 Å². The topological polar surface area (TPSA) is 55.8 Å². The number of phosphoric ester groups is 1. The van der Waals surface area contributed by atoms with Gasteiger partial charge in [-0.05, 0) is 95.8 Å². The minimum absolute atomic E-state index is 0.0131. The van der Waals surface area contributed by atoms with Gasteiger partial charge in [0.15, 0.2) is 0 Å². The highest BCUT2D eigenvalue weighted by Gasteiger charge is 2.66. The van der Waals surface area contributed by atoms with E-state index in [0.717, 1.165) is 41.8 Å². The number of benzene rings is 4. The van der Waals surface area contributed by atoms with Crippen molar-refractivity contribution in [1.82, 2.24) is 0 Å². The standard InChI is InChI=1S/C32H27F10O4PS2/c33-48(34,35,36,37)23-13-9-19(10-14-23)27-17-21-5-1-3-7-25(21)29-30-26-8-4-2-6-22(26)18-28(32(30)46-47(43,44)45-31(27)29)20-11-15-24(16-12-20)49(38,39,40,41)42/h1,3,5,7,9-16,18,27,29,31H,2,4,6,8,17H2,(H,43,44)/t27?,29-,31-/m1/s1. The number of fused-ring (bicyclic) bond motifs is 7. The molecule has 4 nitrogen and oxygen atoms in total. The second kappa shape index (κ2) is 9.58. The summed E-state index contributed by atoms with van der Waals surface area (Å²) in [5, 5.41) is 0. The van der Waals surface area contributed by atoms with Gasteiger partial charge in [0.2, 0.25) is 0 Å². The molecule has 2 unspecified atom stereocenters. The van der Waals surface area contributed by atoms with Gasteiger partial charge in [-0.15, -0.1) is 0 Å². The summed E-state index contributed by atoms with van der Waals surface area (Å²) in [6.45, 7) is 0. The van der Waals surface area contributed by atoms with Crippen LogP contribution in [0, 0.1) is 0 Å². The number of hydrogen-bond acceptors (Lipinski definition) is 3. The van der Waals surface area contributed by atoms with E-state index in [-0.39, 0.29) is 53.1 Å². The lowest BCUT2D eigenvalue weighted by molar-refractivity contribution is 0.107. The molecule has 49 heavy (non-hydrogen) atoms. The Bertz CT molecular complexity index is 2080. The van der Waals surface area contributed by atoms with Crippen molar-refractivity contribution in [1.29, 1.82) is 0 Å². The van der Waals surface area contributed by atoms with Crippen LogP contribution in [0.25, 0.3) is 11.1 Å². The third-order valence-electron chi connectivity index (χ3n) is 9.34. The maximum atomic E-state index is 13.7. The molecule has 17 heteroatoms. The van der Waals surface area contributed by atoms with Crippen molar-refractivity contribution in [2.24, 2.45) is 0 Å². The lowest BCUT2D eigenvalue weighted by Crippen LogP contribution is -2.35. The zero-order valence-electron chi connectivity index (χ0n) is 25.0. The van der Waals surface area contributed by atoms with E-state index in [0.29, 0.717) is 36.0 Å². The third-order valence-corrected chi connectivity index (χ3v) is 12.6. The van der Waals surface area contributed by atoms with Gasteiger partial charge in [0.05, 0.1) is 6.10 Å². The molecule has 4 atom stereocenters. The van der Waals surface area contributed by atoms with Gasteiger partial charge in [0.1, 0.15) is 15.5 Å². The molecule has 0 amide bonds. The van der Waals surface area contributed by atoms with Crippen molar-refractivity contribution in [3.05, 3.63) is 112 Å². The lowest BCUT2D eigenvalue weighted by atomic mass is 9.67. The van der Waals surface area contributed by atoms with Gasteiger partial charge >= 0.3 is 28.3 Å². The average Bonchev–Trinajstić information content (AvgIpc) is 3.11. The molecule has 1 heterocycles. The van der Waals surface area contributed by atoms with Gasteiger partial charge < -0.3 is 4.52 Å². The monoisotopic (exact) mass is 760 g/mol. The normalized spacial score (nSPS) is 26.6. The number of rotatable bonds is 4. The first-order valence-electron chi connectivity index (χ1n) is 14.9. The van der Waals surface area contributed by atoms with E-state index in [9.17, 15) is 48.3 Å². The molecule has 4 aromatic carbocycles. The molecule has 4 aromatic rings. The zero-order valence-corrected chi connectivity index (χ0v) is 27.5. The van der Waals surface area contributed by atoms with E-state index in [1.807, 2.05) is 0 Å². The molecule has 7 rings (SSSR count). The van der Waals surface area contributed by atoms with Crippen LogP contribution in [0.15, 0.2) is 88.7 Å². The first-order valence-corrected chi connectivity index (χ1v) is 20.3. The number of phosphoric acid groups is 1. The van der Waals surface area contributed by atoms with Crippen LogP contribution in [0.2, 0.25) is 0 Å². The van der Waals surface area contributed by atoms with Gasteiger partial charge in [-0.3, -0.25) is 9.42 Å². The van der Waals surface area contributed by atoms with Crippen molar-refractivity contribution in [3.8, 4) is 16.9 Å². The van der Waals surface area contributed by atoms with E-state index in [1.165, 1.54) is 0 Å². The third kappa shape index (κ3) is 6.46. The Balaban J connectivity index is 1.46. The summed E-state index contributed by atoms with van der Waals surface area (Å²) in [6.07, 6.45) is 1.21. The van der Waals surface area contributed by atoms with Gasteiger partial charge in [-0.2, -0.15) is 0 Å². The quantitative estimate of drug-likeness (QED) is 0.166. The molecule has 0 bridgehead atoms. The summed E-state index contributed by atoms with van der Waals surface area (Å²) >= 11 is 0. The summed E-state index contributed by atoms with van der Waals surface area (Å²) in [5.74, 6) is -2.06. The van der Waals surface area contributed by atoms with Crippen molar-refractivity contribution >= 4 is 28.3 Å². The van der Waals surface area contributed by atoms with E-state index in [1.54, 1.807) is 30.3 Å². The van der Waals surface area contributed by atoms with Crippen molar-refractivity contribution in [2.45, 2.75) is 59.8 Å². The number of hydrogen-bond donors (Lipinski definition) is 1. The fourth-order valence-corrected chi connectivity index (χ4v) is 9.61. The van der Waals surface area contributed by atoms with Crippen LogP contribution in [-0.4, -0.2) is 11.0 Å². The second-order valence-electron chi connectivity index (χ2n) is 12.7. The number of aryl methyl sites for hydroxylation is 1. The Labute approximate surface area is 274 Å². The predicted octanol–water partition coefficient (Wildman–Crippen LogP) is 12.9. The predicted molar refractivity (Wildman–Crippen MR) is 168 cm³/mol. The van der Waals surface area contributed by atoms with Gasteiger partial charge in [-0.1, -0.05) is 87.4 Å². The fourth-order valence-electron chi connectivity index (χ4n) is 7.26. The highest BCUT2D eigenvalue weighted by molar-refractivity contribution is 8.46. The van der Waals surface area contributed by atoms with E-state index >= 15 is 0 Å². The Hall–Kier alpha value is -3.17. The average molecular weight is 761 g/mol. The minimum atomic E-state index is -10.0. The molecular weight excluding hydrogens is 733 g/mol. The second-order valence-corrected chi connectivity index (χ2v) is 18.8. The molecule has 266 valence electrons. The summed E-state index contributed by atoms with van der Waals surface area (Å²) in [7, 11) is -25.1. The van der Waals surface area contributed by atoms with E-state index < -0.39 is 56.0 Å². The molecular formula is C32H27F10O4PS2. The molecule has 1 aliphatic heterocycles. The lowest BCUT2D eigenvalue weighted by Gasteiger charge is -2.41. The van der Waals surface area contributed by atoms with Crippen LogP contribution < -0.4 is 4.52 Å². The molecule has 0 saturated carbocycles. The smallest absolute Gasteiger partial charge is 0.403 e. The van der Waals surface area contributed by atoms with Crippen LogP contribution in [0.4, 0.5) is 38.9 Å². The Morgan fingerprint density at radius 2 is 1.29 bits per heavy atom. The fraction of sp³-hybridized carbons (Fsp3) is 0.250. The summed E-state index contributed by atoms with van der Waals surface area (Å²) in [5.41, 5.74) is 3.32. The molecule has 0 spiro atoms. The largest absolute Gasteiger partial charge is 0.527 e. The first-order chi connectivity index (χ1) is 22.3. The first kappa shape index (κ1) is 34.3.